The monoisotopic (exact) mass is 292 g/mol. The van der Waals surface area contributed by atoms with Gasteiger partial charge in [-0.1, -0.05) is 31.5 Å². The summed E-state index contributed by atoms with van der Waals surface area (Å²) >= 11 is 6.47. The maximum absolute atomic E-state index is 6.47. The highest BCUT2D eigenvalue weighted by molar-refractivity contribution is 6.31. The summed E-state index contributed by atoms with van der Waals surface area (Å²) in [6.07, 6.45) is 5.30. The summed E-state index contributed by atoms with van der Waals surface area (Å²) in [5.41, 5.74) is 2.52. The zero-order chi connectivity index (χ0) is 14.1. The van der Waals surface area contributed by atoms with Crippen molar-refractivity contribution in [1.29, 1.82) is 0 Å². The van der Waals surface area contributed by atoms with Gasteiger partial charge in [-0.15, -0.1) is 0 Å². The Hall–Kier alpha value is -0.730. The standard InChI is InChI=1S/C17H25ClN2/c1-12(2)11-20(15-7-8-15)16-6-3-13(17(18)9-16)10-19-14-4-5-14/h3,6,9,12,14-15,19H,4-5,7-8,10-11H2,1-2H3. The molecule has 3 rings (SSSR count). The second kappa shape index (κ2) is 5.95. The Morgan fingerprint density at radius 2 is 2.00 bits per heavy atom. The van der Waals surface area contributed by atoms with Gasteiger partial charge < -0.3 is 10.2 Å². The molecule has 1 aromatic carbocycles. The molecule has 2 aliphatic carbocycles. The number of halogens is 1. The Labute approximate surface area is 127 Å². The number of nitrogens with zero attached hydrogens (tertiary/aromatic N) is 1. The topological polar surface area (TPSA) is 15.3 Å². The molecule has 0 aromatic heterocycles. The molecule has 0 atom stereocenters. The number of hydrogen-bond donors (Lipinski definition) is 1. The van der Waals surface area contributed by atoms with E-state index in [1.807, 2.05) is 0 Å². The molecule has 0 spiro atoms. The van der Waals surface area contributed by atoms with E-state index in [9.17, 15) is 0 Å². The van der Waals surface area contributed by atoms with Crippen molar-refractivity contribution in [3.05, 3.63) is 28.8 Å². The Balaban J connectivity index is 1.70. The average molecular weight is 293 g/mol. The van der Waals surface area contributed by atoms with Crippen LogP contribution in [0.15, 0.2) is 18.2 Å². The fourth-order valence-electron chi connectivity index (χ4n) is 2.64. The van der Waals surface area contributed by atoms with Crippen LogP contribution in [0.1, 0.15) is 45.1 Å². The van der Waals surface area contributed by atoms with Crippen LogP contribution in [0.4, 0.5) is 5.69 Å². The maximum atomic E-state index is 6.47. The second-order valence-corrected chi connectivity index (χ2v) is 7.12. The second-order valence-electron chi connectivity index (χ2n) is 6.71. The lowest BCUT2D eigenvalue weighted by Gasteiger charge is -2.27. The Bertz CT molecular complexity index is 464. The third-order valence-corrected chi connectivity index (χ3v) is 4.43. The fraction of sp³-hybridized carbons (Fsp3) is 0.647. The smallest absolute Gasteiger partial charge is 0.0471 e. The average Bonchev–Trinajstić information content (AvgIpc) is 3.27. The highest BCUT2D eigenvalue weighted by Crippen LogP contribution is 2.34. The molecule has 110 valence electrons. The van der Waals surface area contributed by atoms with Gasteiger partial charge in [0.25, 0.3) is 0 Å². The SMILES string of the molecule is CC(C)CN(c1ccc(CNC2CC2)c(Cl)c1)C1CC1. The van der Waals surface area contributed by atoms with E-state index < -0.39 is 0 Å². The first-order valence-electron chi connectivity index (χ1n) is 7.92. The molecular formula is C17H25ClN2. The van der Waals surface area contributed by atoms with Crippen molar-refractivity contribution < 1.29 is 0 Å². The first-order valence-corrected chi connectivity index (χ1v) is 8.29. The third kappa shape index (κ3) is 3.67. The van der Waals surface area contributed by atoms with Gasteiger partial charge in [0.15, 0.2) is 0 Å². The molecule has 2 saturated carbocycles. The van der Waals surface area contributed by atoms with E-state index in [4.69, 9.17) is 11.6 Å². The van der Waals surface area contributed by atoms with E-state index in [2.05, 4.69) is 42.3 Å². The zero-order valence-electron chi connectivity index (χ0n) is 12.5. The minimum absolute atomic E-state index is 0.686. The Kier molecular flexibility index (Phi) is 4.23. The normalized spacial score (nSPS) is 18.6. The number of nitrogens with one attached hydrogen (secondary N) is 1. The summed E-state index contributed by atoms with van der Waals surface area (Å²) in [5, 5.41) is 4.44. The number of anilines is 1. The highest BCUT2D eigenvalue weighted by Gasteiger charge is 2.29. The quantitative estimate of drug-likeness (QED) is 0.809. The van der Waals surface area contributed by atoms with Gasteiger partial charge in [0.05, 0.1) is 0 Å². The summed E-state index contributed by atoms with van der Waals surface area (Å²) < 4.78 is 0. The third-order valence-electron chi connectivity index (χ3n) is 4.08. The van der Waals surface area contributed by atoms with Crippen LogP contribution in [-0.4, -0.2) is 18.6 Å². The molecular weight excluding hydrogens is 268 g/mol. The predicted octanol–water partition coefficient (Wildman–Crippen LogP) is 4.22. The van der Waals surface area contributed by atoms with E-state index >= 15 is 0 Å². The van der Waals surface area contributed by atoms with Gasteiger partial charge in [-0.05, 0) is 49.3 Å². The van der Waals surface area contributed by atoms with Crippen LogP contribution >= 0.6 is 11.6 Å². The van der Waals surface area contributed by atoms with Gasteiger partial charge in [0, 0.05) is 35.9 Å². The molecule has 2 aliphatic rings. The van der Waals surface area contributed by atoms with Crippen LogP contribution < -0.4 is 10.2 Å². The number of rotatable bonds is 7. The van der Waals surface area contributed by atoms with Crippen LogP contribution in [-0.2, 0) is 6.54 Å². The van der Waals surface area contributed by atoms with E-state index in [-0.39, 0.29) is 0 Å². The summed E-state index contributed by atoms with van der Waals surface area (Å²) in [5.74, 6) is 0.686. The molecule has 20 heavy (non-hydrogen) atoms. The molecule has 3 heteroatoms. The van der Waals surface area contributed by atoms with Crippen LogP contribution in [0, 0.1) is 5.92 Å². The summed E-state index contributed by atoms with van der Waals surface area (Å²) in [4.78, 5) is 2.54. The fourth-order valence-corrected chi connectivity index (χ4v) is 2.89. The van der Waals surface area contributed by atoms with Crippen molar-refractivity contribution in [2.45, 2.75) is 58.2 Å². The van der Waals surface area contributed by atoms with E-state index in [1.54, 1.807) is 0 Å². The molecule has 2 fully saturated rings. The van der Waals surface area contributed by atoms with Gasteiger partial charge in [-0.3, -0.25) is 0 Å². The van der Waals surface area contributed by atoms with Gasteiger partial charge >= 0.3 is 0 Å². The molecule has 0 bridgehead atoms. The molecule has 2 nitrogen and oxygen atoms in total. The van der Waals surface area contributed by atoms with E-state index in [0.717, 1.165) is 30.2 Å². The van der Waals surface area contributed by atoms with Gasteiger partial charge in [-0.2, -0.15) is 0 Å². The van der Waals surface area contributed by atoms with Crippen LogP contribution in [0.2, 0.25) is 5.02 Å². The molecule has 0 amide bonds. The van der Waals surface area contributed by atoms with Crippen LogP contribution in [0.5, 0.6) is 0 Å². The lowest BCUT2D eigenvalue weighted by atomic mass is 10.1. The van der Waals surface area contributed by atoms with Crippen molar-refractivity contribution in [2.24, 2.45) is 5.92 Å². The summed E-state index contributed by atoms with van der Waals surface area (Å²) in [6, 6.07) is 8.07. The zero-order valence-corrected chi connectivity index (χ0v) is 13.3. The Morgan fingerprint density at radius 1 is 1.25 bits per heavy atom. The minimum Gasteiger partial charge on any atom is -0.368 e. The van der Waals surface area contributed by atoms with Crippen LogP contribution in [0.25, 0.3) is 0 Å². The van der Waals surface area contributed by atoms with Crippen molar-refractivity contribution in [3.63, 3.8) is 0 Å². The molecule has 0 heterocycles. The summed E-state index contributed by atoms with van der Waals surface area (Å²) in [7, 11) is 0. The lowest BCUT2D eigenvalue weighted by Crippen LogP contribution is -2.29. The van der Waals surface area contributed by atoms with Gasteiger partial charge in [0.2, 0.25) is 0 Å². The van der Waals surface area contributed by atoms with Crippen molar-refractivity contribution in [3.8, 4) is 0 Å². The van der Waals surface area contributed by atoms with Crippen molar-refractivity contribution >= 4 is 17.3 Å². The summed E-state index contributed by atoms with van der Waals surface area (Å²) in [6.45, 7) is 6.59. The molecule has 1 N–H and O–H groups in total. The molecule has 0 aliphatic heterocycles. The lowest BCUT2D eigenvalue weighted by molar-refractivity contribution is 0.607. The first-order chi connectivity index (χ1) is 9.63. The number of benzene rings is 1. The first kappa shape index (κ1) is 14.2. The van der Waals surface area contributed by atoms with E-state index in [0.29, 0.717) is 5.92 Å². The highest BCUT2D eigenvalue weighted by atomic mass is 35.5. The molecule has 1 aromatic rings. The largest absolute Gasteiger partial charge is 0.368 e. The van der Waals surface area contributed by atoms with Crippen molar-refractivity contribution in [1.82, 2.24) is 5.32 Å². The minimum atomic E-state index is 0.686. The molecule has 0 unspecified atom stereocenters. The Morgan fingerprint density at radius 3 is 2.55 bits per heavy atom. The van der Waals surface area contributed by atoms with E-state index in [1.165, 1.54) is 36.9 Å². The van der Waals surface area contributed by atoms with Gasteiger partial charge in [-0.25, -0.2) is 0 Å². The molecule has 0 radical (unpaired) electrons. The predicted molar refractivity (Wildman–Crippen MR) is 86.5 cm³/mol. The maximum Gasteiger partial charge on any atom is 0.0471 e. The van der Waals surface area contributed by atoms with Crippen molar-refractivity contribution in [2.75, 3.05) is 11.4 Å². The molecule has 0 saturated heterocycles. The number of hydrogen-bond acceptors (Lipinski definition) is 2. The van der Waals surface area contributed by atoms with Crippen LogP contribution in [0.3, 0.4) is 0 Å². The van der Waals surface area contributed by atoms with Gasteiger partial charge in [0.1, 0.15) is 0 Å².